The second kappa shape index (κ2) is 9.13. The molecule has 0 amide bonds. The van der Waals surface area contributed by atoms with Crippen molar-refractivity contribution in [2.75, 3.05) is 0 Å². The van der Waals surface area contributed by atoms with Crippen molar-refractivity contribution in [3.63, 3.8) is 0 Å². The first-order chi connectivity index (χ1) is 15.8. The standard InChI is InChI=1S/C26H34O8/c1-8-13(3)23(29)34-22-19-15(5)24(30)33-20(14(4)16-10-11-17(27)26(16,22)7)21(19)32-18(28)12-25(6,31)9-2/h8,10-11,14,16,19-22,31H,5,9,12H2,1-4,6-7H3/b13-8-/t14-,16-,19+,20+,21-,22-,25+,26-/m0/s1. The molecule has 1 saturated carbocycles. The van der Waals surface area contributed by atoms with Gasteiger partial charge in [0.15, 0.2) is 5.78 Å². The van der Waals surface area contributed by atoms with E-state index in [9.17, 15) is 24.3 Å². The first-order valence-electron chi connectivity index (χ1n) is 11.7. The third kappa shape index (κ3) is 4.24. The summed E-state index contributed by atoms with van der Waals surface area (Å²) in [5, 5.41) is 10.4. The van der Waals surface area contributed by atoms with Gasteiger partial charge in [0.1, 0.15) is 18.3 Å². The molecule has 8 atom stereocenters. The molecular weight excluding hydrogens is 440 g/mol. The Labute approximate surface area is 200 Å². The molecule has 0 aromatic heterocycles. The van der Waals surface area contributed by atoms with E-state index in [0.717, 1.165) is 0 Å². The van der Waals surface area contributed by atoms with Crippen molar-refractivity contribution in [3.05, 3.63) is 36.0 Å². The number of hydrogen-bond acceptors (Lipinski definition) is 8. The number of aliphatic hydroxyl groups is 1. The fourth-order valence-corrected chi connectivity index (χ4v) is 5.22. The molecule has 1 N–H and O–H groups in total. The lowest BCUT2D eigenvalue weighted by Gasteiger charge is -2.42. The zero-order chi connectivity index (χ0) is 25.6. The molecule has 34 heavy (non-hydrogen) atoms. The normalized spacial score (nSPS) is 36.8. The Kier molecular flexibility index (Phi) is 6.95. The van der Waals surface area contributed by atoms with Crippen LogP contribution in [0.3, 0.4) is 0 Å². The third-order valence-corrected chi connectivity index (χ3v) is 7.81. The Morgan fingerprint density at radius 1 is 1.32 bits per heavy atom. The largest absolute Gasteiger partial charge is 0.457 e. The zero-order valence-corrected chi connectivity index (χ0v) is 20.6. The van der Waals surface area contributed by atoms with Crippen LogP contribution in [0.5, 0.6) is 0 Å². The fourth-order valence-electron chi connectivity index (χ4n) is 5.22. The topological polar surface area (TPSA) is 116 Å². The lowest BCUT2D eigenvalue weighted by molar-refractivity contribution is -0.191. The average Bonchev–Trinajstić information content (AvgIpc) is 3.06. The van der Waals surface area contributed by atoms with Crippen molar-refractivity contribution in [1.82, 2.24) is 0 Å². The summed E-state index contributed by atoms with van der Waals surface area (Å²) in [5.74, 6) is -4.09. The molecule has 1 saturated heterocycles. The number of carbonyl (C=O) groups is 4. The van der Waals surface area contributed by atoms with Crippen LogP contribution in [-0.2, 0) is 33.4 Å². The highest BCUT2D eigenvalue weighted by Gasteiger charge is 2.65. The van der Waals surface area contributed by atoms with Crippen LogP contribution in [0.2, 0.25) is 0 Å². The number of hydrogen-bond donors (Lipinski definition) is 1. The van der Waals surface area contributed by atoms with E-state index >= 15 is 0 Å². The molecule has 2 bridgehead atoms. The highest BCUT2D eigenvalue weighted by atomic mass is 16.6. The van der Waals surface area contributed by atoms with Crippen molar-refractivity contribution in [2.24, 2.45) is 23.2 Å². The van der Waals surface area contributed by atoms with Gasteiger partial charge in [-0.25, -0.2) is 9.59 Å². The van der Waals surface area contributed by atoms with Crippen molar-refractivity contribution in [2.45, 2.75) is 78.3 Å². The summed E-state index contributed by atoms with van der Waals surface area (Å²) in [6, 6.07) is 0. The van der Waals surface area contributed by atoms with Crippen molar-refractivity contribution in [1.29, 1.82) is 0 Å². The van der Waals surface area contributed by atoms with E-state index < -0.39 is 65.0 Å². The van der Waals surface area contributed by atoms with Gasteiger partial charge in [-0.05, 0) is 46.1 Å². The fraction of sp³-hybridized carbons (Fsp3) is 0.615. The van der Waals surface area contributed by atoms with Crippen LogP contribution in [0, 0.1) is 23.2 Å². The Morgan fingerprint density at radius 2 is 1.97 bits per heavy atom. The van der Waals surface area contributed by atoms with Crippen LogP contribution in [0.25, 0.3) is 0 Å². The Morgan fingerprint density at radius 3 is 2.56 bits per heavy atom. The van der Waals surface area contributed by atoms with Crippen LogP contribution in [0.15, 0.2) is 36.0 Å². The lowest BCUT2D eigenvalue weighted by Crippen LogP contribution is -2.55. The lowest BCUT2D eigenvalue weighted by atomic mass is 9.67. The number of esters is 3. The molecule has 0 unspecified atom stereocenters. The van der Waals surface area contributed by atoms with Crippen molar-refractivity contribution in [3.8, 4) is 0 Å². The SMILES string of the molecule is C=C1C(=O)O[C@@H]2[C@@H](C)[C@@H]3C=CC(=O)[C@@]3(C)[C@@H](OC(=O)/C(C)=C\C)[C@H]1[C@@H]2OC(=O)C[C@](C)(O)CC. The van der Waals surface area contributed by atoms with E-state index in [2.05, 4.69) is 6.58 Å². The second-order valence-electron chi connectivity index (χ2n) is 10.1. The van der Waals surface area contributed by atoms with Gasteiger partial charge in [-0.1, -0.05) is 32.6 Å². The first-order valence-corrected chi connectivity index (χ1v) is 11.7. The van der Waals surface area contributed by atoms with Crippen LogP contribution in [0.4, 0.5) is 0 Å². The Balaban J connectivity index is 2.12. The molecule has 1 heterocycles. The second-order valence-corrected chi connectivity index (χ2v) is 10.1. The van der Waals surface area contributed by atoms with Gasteiger partial charge in [-0.3, -0.25) is 9.59 Å². The number of ketones is 1. The highest BCUT2D eigenvalue weighted by molar-refractivity contribution is 5.99. The Hall–Kier alpha value is -2.74. The van der Waals surface area contributed by atoms with Gasteiger partial charge in [0.2, 0.25) is 0 Å². The molecule has 0 aromatic rings. The summed E-state index contributed by atoms with van der Waals surface area (Å²) in [6.45, 7) is 14.0. The summed E-state index contributed by atoms with van der Waals surface area (Å²) in [7, 11) is 0. The minimum atomic E-state index is -1.27. The van der Waals surface area contributed by atoms with Crippen LogP contribution < -0.4 is 0 Å². The van der Waals surface area contributed by atoms with E-state index in [-0.39, 0.29) is 17.8 Å². The molecule has 8 heteroatoms. The maximum Gasteiger partial charge on any atom is 0.334 e. The number of rotatable bonds is 6. The van der Waals surface area contributed by atoms with E-state index in [4.69, 9.17) is 14.2 Å². The monoisotopic (exact) mass is 474 g/mol. The third-order valence-electron chi connectivity index (χ3n) is 7.81. The summed E-state index contributed by atoms with van der Waals surface area (Å²) >= 11 is 0. The van der Waals surface area contributed by atoms with Crippen LogP contribution in [0.1, 0.15) is 54.4 Å². The van der Waals surface area contributed by atoms with Gasteiger partial charge < -0.3 is 19.3 Å². The van der Waals surface area contributed by atoms with Gasteiger partial charge >= 0.3 is 17.9 Å². The van der Waals surface area contributed by atoms with Gasteiger partial charge in [-0.2, -0.15) is 0 Å². The molecule has 2 aliphatic carbocycles. The molecule has 3 aliphatic rings. The van der Waals surface area contributed by atoms with Crippen LogP contribution in [-0.4, -0.2) is 52.7 Å². The van der Waals surface area contributed by atoms with Crippen molar-refractivity contribution >= 4 is 23.7 Å². The predicted octanol–water partition coefficient (Wildman–Crippen LogP) is 2.84. The van der Waals surface area contributed by atoms with Gasteiger partial charge in [0.05, 0.1) is 23.4 Å². The molecular formula is C26H34O8. The van der Waals surface area contributed by atoms with E-state index in [1.165, 1.54) is 13.0 Å². The van der Waals surface area contributed by atoms with Gasteiger partial charge in [0.25, 0.3) is 0 Å². The highest BCUT2D eigenvalue weighted by Crippen LogP contribution is 2.55. The minimum Gasteiger partial charge on any atom is -0.457 e. The quantitative estimate of drug-likeness (QED) is 0.355. The zero-order valence-electron chi connectivity index (χ0n) is 20.6. The molecule has 8 nitrogen and oxygen atoms in total. The average molecular weight is 475 g/mol. The molecule has 1 aliphatic heterocycles. The van der Waals surface area contributed by atoms with Crippen molar-refractivity contribution < 1.29 is 38.5 Å². The van der Waals surface area contributed by atoms with Gasteiger partial charge in [0, 0.05) is 17.1 Å². The number of carbonyl (C=O) groups excluding carboxylic acids is 4. The summed E-state index contributed by atoms with van der Waals surface area (Å²) in [6.07, 6.45) is 1.82. The summed E-state index contributed by atoms with van der Waals surface area (Å²) < 4.78 is 17.4. The number of fused-ring (bicyclic) bond motifs is 3. The number of allylic oxidation sites excluding steroid dienone is 3. The molecule has 3 rings (SSSR count). The molecule has 0 aromatic carbocycles. The molecule has 0 radical (unpaired) electrons. The molecule has 186 valence electrons. The summed E-state index contributed by atoms with van der Waals surface area (Å²) in [5.41, 5.74) is -2.17. The maximum absolute atomic E-state index is 13.2. The number of ether oxygens (including phenoxy) is 3. The molecule has 2 fully saturated rings. The van der Waals surface area contributed by atoms with E-state index in [1.807, 2.05) is 6.92 Å². The minimum absolute atomic E-state index is 0.0268. The maximum atomic E-state index is 13.2. The first kappa shape index (κ1) is 25.9. The van der Waals surface area contributed by atoms with Crippen LogP contribution >= 0.6 is 0 Å². The predicted molar refractivity (Wildman–Crippen MR) is 122 cm³/mol. The van der Waals surface area contributed by atoms with Gasteiger partial charge in [-0.15, -0.1) is 0 Å². The Bertz CT molecular complexity index is 973. The van der Waals surface area contributed by atoms with E-state index in [0.29, 0.717) is 12.0 Å². The van der Waals surface area contributed by atoms with E-state index in [1.54, 1.807) is 39.8 Å². The smallest absolute Gasteiger partial charge is 0.334 e. The summed E-state index contributed by atoms with van der Waals surface area (Å²) in [4.78, 5) is 51.7. The molecule has 0 spiro atoms.